The minimum Gasteiger partial charge on any atom is -0.467 e. The van der Waals surface area contributed by atoms with Crippen LogP contribution in [0.4, 0.5) is 0 Å². The molecule has 0 bridgehead atoms. The van der Waals surface area contributed by atoms with Crippen LogP contribution in [-0.2, 0) is 11.3 Å². The third kappa shape index (κ3) is 2.34. The largest absolute Gasteiger partial charge is 0.467 e. The summed E-state index contributed by atoms with van der Waals surface area (Å²) < 4.78 is 13.2. The molecule has 0 atom stereocenters. The Balaban J connectivity index is 1.80. The summed E-state index contributed by atoms with van der Waals surface area (Å²) in [6, 6.07) is 7.85. The van der Waals surface area contributed by atoms with E-state index >= 15 is 0 Å². The predicted molar refractivity (Wildman–Crippen MR) is 78.1 cm³/mol. The molecule has 0 radical (unpaired) electrons. The minimum absolute atomic E-state index is 0.433. The van der Waals surface area contributed by atoms with Crippen molar-refractivity contribution in [2.75, 3.05) is 13.2 Å². The Bertz CT molecular complexity index is 727. The Labute approximate surface area is 122 Å². The summed E-state index contributed by atoms with van der Waals surface area (Å²) >= 11 is 0. The zero-order chi connectivity index (χ0) is 14.1. The Hall–Kier alpha value is -2.14. The molecule has 0 spiro atoms. The van der Waals surface area contributed by atoms with E-state index in [1.54, 1.807) is 6.26 Å². The highest BCUT2D eigenvalue weighted by molar-refractivity contribution is 5.71. The maximum atomic E-state index is 5.50. The molecule has 108 valence electrons. The highest BCUT2D eigenvalue weighted by Gasteiger charge is 2.23. The van der Waals surface area contributed by atoms with Crippen molar-refractivity contribution in [3.8, 4) is 0 Å². The van der Waals surface area contributed by atoms with Crippen LogP contribution in [0.15, 0.2) is 41.1 Å². The van der Waals surface area contributed by atoms with Crippen LogP contribution in [-0.4, -0.2) is 27.7 Å². The van der Waals surface area contributed by atoms with Gasteiger partial charge in [0.2, 0.25) is 0 Å². The molecule has 0 unspecified atom stereocenters. The van der Waals surface area contributed by atoms with Crippen molar-refractivity contribution in [2.24, 2.45) is 0 Å². The van der Waals surface area contributed by atoms with Crippen molar-refractivity contribution in [2.45, 2.75) is 25.3 Å². The van der Waals surface area contributed by atoms with Gasteiger partial charge in [-0.05, 0) is 37.1 Å². The van der Waals surface area contributed by atoms with E-state index in [-0.39, 0.29) is 0 Å². The van der Waals surface area contributed by atoms with Crippen LogP contribution in [0.2, 0.25) is 0 Å². The van der Waals surface area contributed by atoms with E-state index < -0.39 is 0 Å². The molecule has 0 amide bonds. The van der Waals surface area contributed by atoms with E-state index in [4.69, 9.17) is 14.1 Å². The number of hydrogen-bond donors (Lipinski definition) is 0. The van der Waals surface area contributed by atoms with E-state index in [0.717, 1.165) is 48.8 Å². The second-order valence-corrected chi connectivity index (χ2v) is 5.37. The molecule has 1 fully saturated rings. The van der Waals surface area contributed by atoms with Gasteiger partial charge < -0.3 is 13.7 Å². The lowest BCUT2D eigenvalue weighted by Gasteiger charge is -2.22. The first-order valence-corrected chi connectivity index (χ1v) is 7.33. The number of hydrogen-bond acceptors (Lipinski definition) is 4. The van der Waals surface area contributed by atoms with E-state index in [1.807, 2.05) is 30.5 Å². The van der Waals surface area contributed by atoms with Gasteiger partial charge in [-0.1, -0.05) is 0 Å². The third-order valence-electron chi connectivity index (χ3n) is 4.01. The average molecular weight is 283 g/mol. The molecule has 21 heavy (non-hydrogen) atoms. The molecule has 1 aliphatic rings. The van der Waals surface area contributed by atoms with Gasteiger partial charge in [-0.3, -0.25) is 0 Å². The van der Waals surface area contributed by atoms with Gasteiger partial charge in [0, 0.05) is 25.3 Å². The van der Waals surface area contributed by atoms with Crippen LogP contribution in [0.1, 0.15) is 30.3 Å². The van der Waals surface area contributed by atoms with Crippen molar-refractivity contribution in [1.29, 1.82) is 0 Å². The molecule has 3 aromatic rings. The number of imidazole rings is 1. The molecule has 0 aromatic carbocycles. The fourth-order valence-electron chi connectivity index (χ4n) is 2.96. The Morgan fingerprint density at radius 1 is 1.19 bits per heavy atom. The summed E-state index contributed by atoms with van der Waals surface area (Å²) in [6.45, 7) is 2.29. The van der Waals surface area contributed by atoms with Crippen molar-refractivity contribution in [3.05, 3.63) is 48.3 Å². The zero-order valence-corrected chi connectivity index (χ0v) is 11.7. The Morgan fingerprint density at radius 2 is 2.10 bits per heavy atom. The van der Waals surface area contributed by atoms with Crippen LogP contribution >= 0.6 is 0 Å². The average Bonchev–Trinajstić information content (AvgIpc) is 3.17. The van der Waals surface area contributed by atoms with Crippen molar-refractivity contribution in [3.63, 3.8) is 0 Å². The highest BCUT2D eigenvalue weighted by Crippen LogP contribution is 2.29. The monoisotopic (exact) mass is 283 g/mol. The molecule has 5 heteroatoms. The first kappa shape index (κ1) is 12.6. The van der Waals surface area contributed by atoms with Gasteiger partial charge in [0.25, 0.3) is 0 Å². The fourth-order valence-corrected chi connectivity index (χ4v) is 2.96. The second kappa shape index (κ2) is 5.33. The van der Waals surface area contributed by atoms with Gasteiger partial charge in [0.05, 0.1) is 12.8 Å². The topological polar surface area (TPSA) is 53.1 Å². The van der Waals surface area contributed by atoms with Crippen molar-refractivity contribution in [1.82, 2.24) is 14.5 Å². The lowest BCUT2D eigenvalue weighted by molar-refractivity contribution is 0.0829. The first-order chi connectivity index (χ1) is 10.4. The zero-order valence-electron chi connectivity index (χ0n) is 11.7. The molecule has 3 aromatic heterocycles. The van der Waals surface area contributed by atoms with Crippen LogP contribution in [0, 0.1) is 0 Å². The predicted octanol–water partition coefficient (Wildman–Crippen LogP) is 2.97. The lowest BCUT2D eigenvalue weighted by atomic mass is 9.99. The highest BCUT2D eigenvalue weighted by atomic mass is 16.5. The standard InChI is InChI=1S/C16H17N3O2/c1-4-14-16(17-7-1)19(11-13-3-2-8-21-13)15(18-14)12-5-9-20-10-6-12/h1-4,7-8,12H,5-6,9-11H2. The minimum atomic E-state index is 0.433. The summed E-state index contributed by atoms with van der Waals surface area (Å²) in [5.74, 6) is 2.46. The molecular formula is C16H17N3O2. The summed E-state index contributed by atoms with van der Waals surface area (Å²) in [7, 11) is 0. The van der Waals surface area contributed by atoms with Gasteiger partial charge in [-0.2, -0.15) is 0 Å². The summed E-state index contributed by atoms with van der Waals surface area (Å²) in [4.78, 5) is 9.32. The summed E-state index contributed by atoms with van der Waals surface area (Å²) in [5.41, 5.74) is 1.88. The second-order valence-electron chi connectivity index (χ2n) is 5.37. The van der Waals surface area contributed by atoms with Gasteiger partial charge in [0.1, 0.15) is 17.1 Å². The molecule has 4 heterocycles. The number of pyridine rings is 1. The van der Waals surface area contributed by atoms with Gasteiger partial charge in [-0.15, -0.1) is 0 Å². The number of nitrogens with zero attached hydrogens (tertiary/aromatic N) is 3. The van der Waals surface area contributed by atoms with Gasteiger partial charge >= 0.3 is 0 Å². The first-order valence-electron chi connectivity index (χ1n) is 7.33. The van der Waals surface area contributed by atoms with E-state index in [9.17, 15) is 0 Å². The Kier molecular flexibility index (Phi) is 3.20. The van der Waals surface area contributed by atoms with Crippen LogP contribution in [0.5, 0.6) is 0 Å². The van der Waals surface area contributed by atoms with Crippen LogP contribution < -0.4 is 0 Å². The molecule has 5 nitrogen and oxygen atoms in total. The summed E-state index contributed by atoms with van der Waals surface area (Å²) in [5, 5.41) is 0. The molecule has 4 rings (SSSR count). The fraction of sp³-hybridized carbons (Fsp3) is 0.375. The normalized spacial score (nSPS) is 16.6. The molecule has 0 aliphatic carbocycles. The molecule has 1 saturated heterocycles. The Morgan fingerprint density at radius 3 is 2.90 bits per heavy atom. The third-order valence-corrected chi connectivity index (χ3v) is 4.01. The number of furan rings is 1. The molecule has 1 aliphatic heterocycles. The summed E-state index contributed by atoms with van der Waals surface area (Å²) in [6.07, 6.45) is 5.55. The van der Waals surface area contributed by atoms with E-state index in [0.29, 0.717) is 12.5 Å². The number of aromatic nitrogens is 3. The number of rotatable bonds is 3. The van der Waals surface area contributed by atoms with Crippen LogP contribution in [0.25, 0.3) is 11.2 Å². The molecule has 0 saturated carbocycles. The molecule has 0 N–H and O–H groups in total. The maximum absolute atomic E-state index is 5.50. The van der Waals surface area contributed by atoms with Gasteiger partial charge in [-0.25, -0.2) is 9.97 Å². The quantitative estimate of drug-likeness (QED) is 0.741. The van der Waals surface area contributed by atoms with E-state index in [1.165, 1.54) is 0 Å². The SMILES string of the molecule is c1coc(Cn2c(C3CCOCC3)nc3cccnc32)c1. The molecular weight excluding hydrogens is 266 g/mol. The van der Waals surface area contributed by atoms with Crippen LogP contribution in [0.3, 0.4) is 0 Å². The van der Waals surface area contributed by atoms with E-state index in [2.05, 4.69) is 9.55 Å². The number of ether oxygens (including phenoxy) is 1. The van der Waals surface area contributed by atoms with Gasteiger partial charge in [0.15, 0.2) is 5.65 Å². The van der Waals surface area contributed by atoms with Crippen molar-refractivity contribution < 1.29 is 9.15 Å². The number of fused-ring (bicyclic) bond motifs is 1. The maximum Gasteiger partial charge on any atom is 0.160 e. The van der Waals surface area contributed by atoms with Crippen molar-refractivity contribution >= 4 is 11.2 Å². The smallest absolute Gasteiger partial charge is 0.160 e. The lowest BCUT2D eigenvalue weighted by Crippen LogP contribution is -2.18.